The highest BCUT2D eigenvalue weighted by atomic mass is 16.5. The quantitative estimate of drug-likeness (QED) is 0.636. The molecule has 5 nitrogen and oxygen atoms in total. The molecule has 1 amide bonds. The van der Waals surface area contributed by atoms with Gasteiger partial charge in [-0.05, 0) is 62.9 Å². The zero-order chi connectivity index (χ0) is 16.3. The molecule has 2 N–H and O–H groups in total. The molecule has 0 aromatic carbocycles. The first kappa shape index (κ1) is 18.7. The summed E-state index contributed by atoms with van der Waals surface area (Å²) >= 11 is 0. The lowest BCUT2D eigenvalue weighted by atomic mass is 9.85. The summed E-state index contributed by atoms with van der Waals surface area (Å²) in [6.45, 7) is 8.44. The van der Waals surface area contributed by atoms with Gasteiger partial charge in [0.2, 0.25) is 5.91 Å². The molecule has 2 saturated heterocycles. The molecule has 0 aromatic heterocycles. The maximum absolute atomic E-state index is 12.0. The summed E-state index contributed by atoms with van der Waals surface area (Å²) in [5.41, 5.74) is 0. The molecular weight excluding hydrogens is 292 g/mol. The average molecular weight is 326 g/mol. The highest BCUT2D eigenvalue weighted by Gasteiger charge is 2.21. The van der Waals surface area contributed by atoms with Crippen molar-refractivity contribution in [3.8, 4) is 0 Å². The van der Waals surface area contributed by atoms with Gasteiger partial charge >= 0.3 is 0 Å². The first-order valence-electron chi connectivity index (χ1n) is 9.38. The van der Waals surface area contributed by atoms with E-state index in [1.54, 1.807) is 0 Å². The SMILES string of the molecule is CC(CC(=O)NCCCOCC1CCOCC1)C1CCCNC1. The van der Waals surface area contributed by atoms with Gasteiger partial charge in [0.1, 0.15) is 0 Å². The van der Waals surface area contributed by atoms with E-state index in [-0.39, 0.29) is 5.91 Å². The molecule has 0 aliphatic carbocycles. The second-order valence-electron chi connectivity index (χ2n) is 7.12. The van der Waals surface area contributed by atoms with Gasteiger partial charge in [0.15, 0.2) is 0 Å². The number of amides is 1. The number of carbonyl (C=O) groups excluding carboxylic acids is 1. The minimum atomic E-state index is 0.188. The molecule has 2 rings (SSSR count). The van der Waals surface area contributed by atoms with Crippen molar-refractivity contribution in [2.24, 2.45) is 17.8 Å². The maximum atomic E-state index is 12.0. The van der Waals surface area contributed by atoms with Crippen molar-refractivity contribution in [2.75, 3.05) is 46.1 Å². The van der Waals surface area contributed by atoms with E-state index in [9.17, 15) is 4.79 Å². The van der Waals surface area contributed by atoms with Crippen molar-refractivity contribution < 1.29 is 14.3 Å². The normalized spacial score (nSPS) is 24.3. The molecule has 2 atom stereocenters. The van der Waals surface area contributed by atoms with E-state index in [4.69, 9.17) is 9.47 Å². The lowest BCUT2D eigenvalue weighted by Gasteiger charge is -2.28. The van der Waals surface area contributed by atoms with E-state index < -0.39 is 0 Å². The molecule has 0 spiro atoms. The molecular formula is C18H34N2O3. The average Bonchev–Trinajstić information content (AvgIpc) is 2.59. The lowest BCUT2D eigenvalue weighted by Crippen LogP contribution is -2.35. The fourth-order valence-corrected chi connectivity index (χ4v) is 3.46. The molecule has 2 fully saturated rings. The Balaban J connectivity index is 1.44. The summed E-state index contributed by atoms with van der Waals surface area (Å²) in [7, 11) is 0. The smallest absolute Gasteiger partial charge is 0.220 e. The van der Waals surface area contributed by atoms with Crippen molar-refractivity contribution in [1.29, 1.82) is 0 Å². The van der Waals surface area contributed by atoms with Gasteiger partial charge in [-0.2, -0.15) is 0 Å². The molecule has 2 aliphatic heterocycles. The van der Waals surface area contributed by atoms with Crippen molar-refractivity contribution in [3.05, 3.63) is 0 Å². The van der Waals surface area contributed by atoms with Crippen LogP contribution in [0.3, 0.4) is 0 Å². The van der Waals surface area contributed by atoms with Crippen LogP contribution < -0.4 is 10.6 Å². The zero-order valence-electron chi connectivity index (χ0n) is 14.6. The predicted molar refractivity (Wildman–Crippen MR) is 91.4 cm³/mol. The number of ether oxygens (including phenoxy) is 2. The second-order valence-corrected chi connectivity index (χ2v) is 7.12. The molecule has 2 aliphatic rings. The van der Waals surface area contributed by atoms with Crippen LogP contribution in [0.2, 0.25) is 0 Å². The first-order valence-corrected chi connectivity index (χ1v) is 9.38. The van der Waals surface area contributed by atoms with Crippen LogP contribution in [0.15, 0.2) is 0 Å². The monoisotopic (exact) mass is 326 g/mol. The Morgan fingerprint density at radius 1 is 1.35 bits per heavy atom. The fourth-order valence-electron chi connectivity index (χ4n) is 3.46. The highest BCUT2D eigenvalue weighted by Crippen LogP contribution is 2.22. The van der Waals surface area contributed by atoms with E-state index in [0.717, 1.165) is 65.3 Å². The standard InChI is InChI=1S/C18H34N2O3/c1-15(17-4-2-7-19-13-17)12-18(21)20-8-3-9-23-14-16-5-10-22-11-6-16/h15-17,19H,2-14H2,1H3,(H,20,21). The summed E-state index contributed by atoms with van der Waals surface area (Å²) < 4.78 is 11.1. The van der Waals surface area contributed by atoms with Gasteiger partial charge in [0, 0.05) is 39.4 Å². The molecule has 134 valence electrons. The van der Waals surface area contributed by atoms with Gasteiger partial charge < -0.3 is 20.1 Å². The lowest BCUT2D eigenvalue weighted by molar-refractivity contribution is -0.122. The topological polar surface area (TPSA) is 59.6 Å². The third kappa shape index (κ3) is 7.64. The molecule has 0 bridgehead atoms. The van der Waals surface area contributed by atoms with Crippen LogP contribution in [-0.2, 0) is 14.3 Å². The number of carbonyl (C=O) groups is 1. The van der Waals surface area contributed by atoms with E-state index in [0.29, 0.717) is 24.2 Å². The molecule has 2 heterocycles. The fraction of sp³-hybridized carbons (Fsp3) is 0.944. The van der Waals surface area contributed by atoms with Crippen LogP contribution in [0.4, 0.5) is 0 Å². The van der Waals surface area contributed by atoms with Crippen LogP contribution in [-0.4, -0.2) is 52.0 Å². The van der Waals surface area contributed by atoms with Gasteiger partial charge in [0.05, 0.1) is 0 Å². The van der Waals surface area contributed by atoms with Crippen molar-refractivity contribution in [1.82, 2.24) is 10.6 Å². The summed E-state index contributed by atoms with van der Waals surface area (Å²) in [5, 5.41) is 6.46. The van der Waals surface area contributed by atoms with E-state index >= 15 is 0 Å². The summed E-state index contributed by atoms with van der Waals surface area (Å²) in [6, 6.07) is 0. The van der Waals surface area contributed by atoms with Crippen LogP contribution in [0.25, 0.3) is 0 Å². The Morgan fingerprint density at radius 2 is 2.17 bits per heavy atom. The Hall–Kier alpha value is -0.650. The number of hydrogen-bond donors (Lipinski definition) is 2. The maximum Gasteiger partial charge on any atom is 0.220 e. The zero-order valence-corrected chi connectivity index (χ0v) is 14.6. The van der Waals surface area contributed by atoms with E-state index in [2.05, 4.69) is 17.6 Å². The van der Waals surface area contributed by atoms with Crippen molar-refractivity contribution in [2.45, 2.75) is 45.4 Å². The Kier molecular flexibility index (Phi) is 8.94. The van der Waals surface area contributed by atoms with Crippen molar-refractivity contribution in [3.63, 3.8) is 0 Å². The molecule has 0 saturated carbocycles. The van der Waals surface area contributed by atoms with Gasteiger partial charge in [0.25, 0.3) is 0 Å². The number of nitrogens with one attached hydrogen (secondary N) is 2. The van der Waals surface area contributed by atoms with E-state index in [1.807, 2.05) is 0 Å². The number of hydrogen-bond acceptors (Lipinski definition) is 4. The molecule has 0 radical (unpaired) electrons. The molecule has 0 aromatic rings. The summed E-state index contributed by atoms with van der Waals surface area (Å²) in [6.07, 6.45) is 6.27. The third-order valence-electron chi connectivity index (χ3n) is 5.13. The van der Waals surface area contributed by atoms with Crippen molar-refractivity contribution >= 4 is 5.91 Å². The van der Waals surface area contributed by atoms with Gasteiger partial charge in [-0.25, -0.2) is 0 Å². The second kappa shape index (κ2) is 11.0. The van der Waals surface area contributed by atoms with Gasteiger partial charge in [-0.3, -0.25) is 4.79 Å². The number of piperidine rings is 1. The summed E-state index contributed by atoms with van der Waals surface area (Å²) in [5.74, 6) is 1.96. The Morgan fingerprint density at radius 3 is 2.91 bits per heavy atom. The van der Waals surface area contributed by atoms with Crippen LogP contribution in [0, 0.1) is 17.8 Å². The largest absolute Gasteiger partial charge is 0.381 e. The van der Waals surface area contributed by atoms with Crippen LogP contribution >= 0.6 is 0 Å². The summed E-state index contributed by atoms with van der Waals surface area (Å²) in [4.78, 5) is 12.0. The van der Waals surface area contributed by atoms with E-state index in [1.165, 1.54) is 12.8 Å². The minimum Gasteiger partial charge on any atom is -0.381 e. The minimum absolute atomic E-state index is 0.188. The van der Waals surface area contributed by atoms with Gasteiger partial charge in [-0.1, -0.05) is 6.92 Å². The first-order chi connectivity index (χ1) is 11.3. The number of rotatable bonds is 9. The highest BCUT2D eigenvalue weighted by molar-refractivity contribution is 5.76. The Bertz CT molecular complexity index is 326. The van der Waals surface area contributed by atoms with Crippen LogP contribution in [0.1, 0.15) is 45.4 Å². The third-order valence-corrected chi connectivity index (χ3v) is 5.13. The van der Waals surface area contributed by atoms with Gasteiger partial charge in [-0.15, -0.1) is 0 Å². The molecule has 23 heavy (non-hydrogen) atoms. The molecule has 2 unspecified atom stereocenters. The Labute approximate surface area is 140 Å². The molecule has 5 heteroatoms. The predicted octanol–water partition coefficient (Wildman–Crippen LogP) is 1.96. The van der Waals surface area contributed by atoms with Crippen LogP contribution in [0.5, 0.6) is 0 Å².